The Hall–Kier alpha value is -0.870. The van der Waals surface area contributed by atoms with Crippen LogP contribution in [0.4, 0.5) is 0 Å². The monoisotopic (exact) mass is 296 g/mol. The summed E-state index contributed by atoms with van der Waals surface area (Å²) >= 11 is 3.48. The Labute approximate surface area is 110 Å². The molecule has 1 atom stereocenters. The van der Waals surface area contributed by atoms with Crippen LogP contribution in [0.2, 0.25) is 0 Å². The van der Waals surface area contributed by atoms with Gasteiger partial charge in [-0.15, -0.1) is 0 Å². The lowest BCUT2D eigenvalue weighted by molar-refractivity contribution is -0.123. The van der Waals surface area contributed by atoms with Gasteiger partial charge in [-0.25, -0.2) is 0 Å². The van der Waals surface area contributed by atoms with E-state index in [1.807, 2.05) is 24.3 Å². The molecule has 1 aromatic carbocycles. The molecule has 17 heavy (non-hydrogen) atoms. The summed E-state index contributed by atoms with van der Waals surface area (Å²) in [6.45, 7) is 1.53. The van der Waals surface area contributed by atoms with Gasteiger partial charge in [0, 0.05) is 11.0 Å². The first-order chi connectivity index (χ1) is 8.27. The molecule has 2 rings (SSSR count). The van der Waals surface area contributed by atoms with Crippen LogP contribution in [0, 0.1) is 0 Å². The average Bonchev–Trinajstić information content (AvgIpc) is 2.38. The van der Waals surface area contributed by atoms with E-state index in [2.05, 4.69) is 26.6 Å². The fraction of sp³-hybridized carbons (Fsp3) is 0.462. The zero-order valence-corrected chi connectivity index (χ0v) is 11.3. The Bertz CT molecular complexity index is 389. The summed E-state index contributed by atoms with van der Waals surface area (Å²) in [5.41, 5.74) is 1.11. The molecular weight excluding hydrogens is 280 g/mol. The van der Waals surface area contributed by atoms with Crippen molar-refractivity contribution in [3.05, 3.63) is 34.3 Å². The molecule has 1 fully saturated rings. The van der Waals surface area contributed by atoms with Crippen LogP contribution in [0.3, 0.4) is 0 Å². The molecule has 0 radical (unpaired) electrons. The van der Waals surface area contributed by atoms with Crippen LogP contribution in [-0.2, 0) is 11.3 Å². The summed E-state index contributed by atoms with van der Waals surface area (Å²) in [4.78, 5) is 11.9. The smallest absolute Gasteiger partial charge is 0.237 e. The largest absolute Gasteiger partial charge is 0.351 e. The normalized spacial score (nSPS) is 19.9. The number of rotatable bonds is 3. The lowest BCUT2D eigenvalue weighted by Gasteiger charge is -2.22. The van der Waals surface area contributed by atoms with Gasteiger partial charge in [-0.2, -0.15) is 0 Å². The van der Waals surface area contributed by atoms with E-state index in [-0.39, 0.29) is 11.9 Å². The first kappa shape index (κ1) is 12.6. The zero-order chi connectivity index (χ0) is 12.1. The number of nitrogens with one attached hydrogen (secondary N) is 2. The Morgan fingerprint density at radius 1 is 1.41 bits per heavy atom. The standard InChI is InChI=1S/C13H17BrN2O/c14-11-6-2-1-5-10(11)9-16-13(17)12-7-3-4-8-15-12/h1-2,5-6,12,15H,3-4,7-9H2,(H,16,17)/t12-/m1/s1. The van der Waals surface area contributed by atoms with E-state index in [0.29, 0.717) is 6.54 Å². The van der Waals surface area contributed by atoms with E-state index in [4.69, 9.17) is 0 Å². The Kier molecular flexibility index (Phi) is 4.57. The van der Waals surface area contributed by atoms with Crippen molar-refractivity contribution in [2.45, 2.75) is 31.8 Å². The fourth-order valence-corrected chi connectivity index (χ4v) is 2.45. The van der Waals surface area contributed by atoms with Crippen LogP contribution >= 0.6 is 15.9 Å². The molecule has 1 heterocycles. The Morgan fingerprint density at radius 2 is 2.24 bits per heavy atom. The molecule has 92 valence electrons. The van der Waals surface area contributed by atoms with Crippen LogP contribution in [0.15, 0.2) is 28.7 Å². The van der Waals surface area contributed by atoms with Crippen molar-refractivity contribution in [1.29, 1.82) is 0 Å². The maximum Gasteiger partial charge on any atom is 0.237 e. The van der Waals surface area contributed by atoms with Gasteiger partial charge in [0.05, 0.1) is 6.04 Å². The van der Waals surface area contributed by atoms with Crippen molar-refractivity contribution in [3.63, 3.8) is 0 Å². The van der Waals surface area contributed by atoms with E-state index >= 15 is 0 Å². The lowest BCUT2D eigenvalue weighted by Crippen LogP contribution is -2.46. The molecule has 3 nitrogen and oxygen atoms in total. The van der Waals surface area contributed by atoms with Crippen LogP contribution in [-0.4, -0.2) is 18.5 Å². The van der Waals surface area contributed by atoms with Gasteiger partial charge >= 0.3 is 0 Å². The van der Waals surface area contributed by atoms with E-state index in [0.717, 1.165) is 29.4 Å². The van der Waals surface area contributed by atoms with Gasteiger partial charge in [0.1, 0.15) is 0 Å². The molecule has 2 N–H and O–H groups in total. The molecule has 0 spiro atoms. The minimum absolute atomic E-state index is 0.00811. The molecule has 0 aromatic heterocycles. The molecule has 0 aliphatic carbocycles. The van der Waals surface area contributed by atoms with Gasteiger partial charge in [-0.05, 0) is 31.0 Å². The number of hydrogen-bond donors (Lipinski definition) is 2. The molecule has 0 saturated carbocycles. The molecule has 0 unspecified atom stereocenters. The minimum atomic E-state index is -0.00811. The summed E-state index contributed by atoms with van der Waals surface area (Å²) in [7, 11) is 0. The maximum atomic E-state index is 11.9. The molecule has 1 aromatic rings. The predicted octanol–water partition coefficient (Wildman–Crippen LogP) is 2.21. The van der Waals surface area contributed by atoms with Crippen LogP contribution in [0.25, 0.3) is 0 Å². The second kappa shape index (κ2) is 6.17. The molecule has 1 aliphatic heterocycles. The van der Waals surface area contributed by atoms with Crippen molar-refractivity contribution in [1.82, 2.24) is 10.6 Å². The van der Waals surface area contributed by atoms with E-state index in [9.17, 15) is 4.79 Å². The highest BCUT2D eigenvalue weighted by Gasteiger charge is 2.19. The van der Waals surface area contributed by atoms with Crippen molar-refractivity contribution < 1.29 is 4.79 Å². The first-order valence-corrected chi connectivity index (χ1v) is 6.81. The van der Waals surface area contributed by atoms with Gasteiger partial charge in [-0.3, -0.25) is 4.79 Å². The quantitative estimate of drug-likeness (QED) is 0.898. The molecule has 4 heteroatoms. The van der Waals surface area contributed by atoms with Crippen molar-refractivity contribution in [2.24, 2.45) is 0 Å². The van der Waals surface area contributed by atoms with Gasteiger partial charge in [0.2, 0.25) is 5.91 Å². The van der Waals surface area contributed by atoms with Gasteiger partial charge in [-0.1, -0.05) is 40.5 Å². The number of benzene rings is 1. The third-order valence-electron chi connectivity index (χ3n) is 3.04. The molecule has 1 aliphatic rings. The highest BCUT2D eigenvalue weighted by atomic mass is 79.9. The first-order valence-electron chi connectivity index (χ1n) is 6.02. The molecule has 0 bridgehead atoms. The number of halogens is 1. The zero-order valence-electron chi connectivity index (χ0n) is 9.71. The van der Waals surface area contributed by atoms with E-state index < -0.39 is 0 Å². The second-order valence-electron chi connectivity index (χ2n) is 4.31. The fourth-order valence-electron chi connectivity index (χ4n) is 2.02. The van der Waals surface area contributed by atoms with Crippen LogP contribution in [0.1, 0.15) is 24.8 Å². The Morgan fingerprint density at radius 3 is 2.94 bits per heavy atom. The minimum Gasteiger partial charge on any atom is -0.351 e. The summed E-state index contributed by atoms with van der Waals surface area (Å²) in [5.74, 6) is 0.112. The number of piperidine rings is 1. The van der Waals surface area contributed by atoms with Crippen LogP contribution < -0.4 is 10.6 Å². The summed E-state index contributed by atoms with van der Waals surface area (Å²) in [6.07, 6.45) is 3.26. The summed E-state index contributed by atoms with van der Waals surface area (Å²) in [6, 6.07) is 7.94. The van der Waals surface area contributed by atoms with Gasteiger partial charge in [0.25, 0.3) is 0 Å². The van der Waals surface area contributed by atoms with E-state index in [1.54, 1.807) is 0 Å². The molecular formula is C13H17BrN2O. The van der Waals surface area contributed by atoms with Crippen LogP contribution in [0.5, 0.6) is 0 Å². The second-order valence-corrected chi connectivity index (χ2v) is 5.17. The summed E-state index contributed by atoms with van der Waals surface area (Å²) in [5, 5.41) is 6.22. The topological polar surface area (TPSA) is 41.1 Å². The third kappa shape index (κ3) is 3.54. The van der Waals surface area contributed by atoms with Crippen molar-refractivity contribution >= 4 is 21.8 Å². The van der Waals surface area contributed by atoms with E-state index in [1.165, 1.54) is 6.42 Å². The highest BCUT2D eigenvalue weighted by molar-refractivity contribution is 9.10. The Balaban J connectivity index is 1.85. The molecule has 1 saturated heterocycles. The average molecular weight is 297 g/mol. The number of amides is 1. The molecule has 1 amide bonds. The number of carbonyl (C=O) groups excluding carboxylic acids is 1. The maximum absolute atomic E-state index is 11.9. The highest BCUT2D eigenvalue weighted by Crippen LogP contribution is 2.15. The van der Waals surface area contributed by atoms with Gasteiger partial charge < -0.3 is 10.6 Å². The number of carbonyl (C=O) groups is 1. The van der Waals surface area contributed by atoms with Crippen molar-refractivity contribution in [3.8, 4) is 0 Å². The SMILES string of the molecule is O=C(NCc1ccccc1Br)[C@H]1CCCCN1. The van der Waals surface area contributed by atoms with Crippen molar-refractivity contribution in [2.75, 3.05) is 6.54 Å². The lowest BCUT2D eigenvalue weighted by atomic mass is 10.0. The predicted molar refractivity (Wildman–Crippen MR) is 71.6 cm³/mol. The summed E-state index contributed by atoms with van der Waals surface area (Å²) < 4.78 is 1.04. The van der Waals surface area contributed by atoms with Gasteiger partial charge in [0.15, 0.2) is 0 Å². The third-order valence-corrected chi connectivity index (χ3v) is 3.81. The number of hydrogen-bond acceptors (Lipinski definition) is 2.